The first-order valence-corrected chi connectivity index (χ1v) is 6.49. The Hall–Kier alpha value is -2.40. The molecule has 0 aliphatic rings. The Bertz CT molecular complexity index is 728. The Morgan fingerprint density at radius 2 is 1.95 bits per heavy atom. The van der Waals surface area contributed by atoms with Crippen molar-refractivity contribution in [3.05, 3.63) is 62.7 Å². The summed E-state index contributed by atoms with van der Waals surface area (Å²) < 4.78 is 5.62. The molecule has 0 saturated heterocycles. The molecule has 0 heterocycles. The summed E-state index contributed by atoms with van der Waals surface area (Å²) in [5.41, 5.74) is 1.11. The maximum Gasteiger partial charge on any atom is 0.273 e. The lowest BCUT2D eigenvalue weighted by Crippen LogP contribution is -1.95. The summed E-state index contributed by atoms with van der Waals surface area (Å²) in [5, 5.41) is 11.1. The minimum Gasteiger partial charge on any atom is -0.457 e. The molecule has 0 amide bonds. The summed E-state index contributed by atoms with van der Waals surface area (Å²) in [7, 11) is 0. The molecule has 5 nitrogen and oxygen atoms in total. The topological polar surface area (TPSA) is 69.4 Å². The lowest BCUT2D eigenvalue weighted by atomic mass is 10.1. The SMILES string of the molecule is CC(=O)c1ccc(Oc2cc([N+](=O)[O-])ccc2C)cc1Cl. The van der Waals surface area contributed by atoms with Gasteiger partial charge in [-0.05, 0) is 37.6 Å². The molecule has 0 spiro atoms. The van der Waals surface area contributed by atoms with Crippen LogP contribution in [0.5, 0.6) is 11.5 Å². The van der Waals surface area contributed by atoms with E-state index in [-0.39, 0.29) is 16.5 Å². The number of halogens is 1. The first kappa shape index (κ1) is 15.0. The van der Waals surface area contributed by atoms with Crippen LogP contribution in [0.15, 0.2) is 36.4 Å². The fourth-order valence-corrected chi connectivity index (χ4v) is 2.09. The zero-order valence-electron chi connectivity index (χ0n) is 11.4. The van der Waals surface area contributed by atoms with Crippen LogP contribution in [0.3, 0.4) is 0 Å². The average molecular weight is 306 g/mol. The summed E-state index contributed by atoms with van der Waals surface area (Å²) in [4.78, 5) is 21.6. The molecule has 0 aliphatic heterocycles. The molecule has 0 aliphatic carbocycles. The lowest BCUT2D eigenvalue weighted by Gasteiger charge is -2.09. The number of non-ortho nitro benzene ring substituents is 1. The summed E-state index contributed by atoms with van der Waals surface area (Å²) in [6, 6.07) is 9.04. The summed E-state index contributed by atoms with van der Waals surface area (Å²) in [6.07, 6.45) is 0. The van der Waals surface area contributed by atoms with Gasteiger partial charge in [-0.2, -0.15) is 0 Å². The minimum absolute atomic E-state index is 0.0537. The summed E-state index contributed by atoms with van der Waals surface area (Å²) in [6.45, 7) is 3.21. The largest absolute Gasteiger partial charge is 0.457 e. The van der Waals surface area contributed by atoms with Crippen LogP contribution in [-0.2, 0) is 0 Å². The van der Waals surface area contributed by atoms with E-state index in [9.17, 15) is 14.9 Å². The highest BCUT2D eigenvalue weighted by Crippen LogP contribution is 2.31. The number of carbonyl (C=O) groups excluding carboxylic acids is 1. The molecule has 2 aromatic carbocycles. The highest BCUT2D eigenvalue weighted by molar-refractivity contribution is 6.34. The maximum atomic E-state index is 11.3. The summed E-state index contributed by atoms with van der Waals surface area (Å²) in [5.74, 6) is 0.641. The Morgan fingerprint density at radius 1 is 1.24 bits per heavy atom. The fourth-order valence-electron chi connectivity index (χ4n) is 1.78. The van der Waals surface area contributed by atoms with Gasteiger partial charge >= 0.3 is 0 Å². The van der Waals surface area contributed by atoms with E-state index in [2.05, 4.69) is 0 Å². The van der Waals surface area contributed by atoms with E-state index in [4.69, 9.17) is 16.3 Å². The van der Waals surface area contributed by atoms with Crippen LogP contribution < -0.4 is 4.74 Å². The number of carbonyl (C=O) groups is 1. The third-order valence-electron chi connectivity index (χ3n) is 2.93. The van der Waals surface area contributed by atoms with E-state index in [0.717, 1.165) is 5.56 Å². The van der Waals surface area contributed by atoms with Crippen molar-refractivity contribution < 1.29 is 14.5 Å². The van der Waals surface area contributed by atoms with Crippen molar-refractivity contribution >= 4 is 23.1 Å². The van der Waals surface area contributed by atoms with E-state index in [0.29, 0.717) is 17.1 Å². The number of hydrogen-bond acceptors (Lipinski definition) is 4. The van der Waals surface area contributed by atoms with E-state index in [1.54, 1.807) is 25.1 Å². The second-order valence-corrected chi connectivity index (χ2v) is 4.91. The fraction of sp³-hybridized carbons (Fsp3) is 0.133. The van der Waals surface area contributed by atoms with Gasteiger partial charge in [0.1, 0.15) is 11.5 Å². The number of ether oxygens (including phenoxy) is 1. The van der Waals surface area contributed by atoms with Crippen molar-refractivity contribution in [1.29, 1.82) is 0 Å². The molecule has 0 N–H and O–H groups in total. The monoisotopic (exact) mass is 305 g/mol. The number of benzene rings is 2. The number of nitro benzene ring substituents is 1. The van der Waals surface area contributed by atoms with E-state index in [1.165, 1.54) is 25.1 Å². The van der Waals surface area contributed by atoms with Gasteiger partial charge in [0.15, 0.2) is 5.78 Å². The van der Waals surface area contributed by atoms with Gasteiger partial charge in [-0.25, -0.2) is 0 Å². The van der Waals surface area contributed by atoms with Crippen LogP contribution in [0.25, 0.3) is 0 Å². The number of hydrogen-bond donors (Lipinski definition) is 0. The van der Waals surface area contributed by atoms with Crippen LogP contribution in [0.2, 0.25) is 5.02 Å². The quantitative estimate of drug-likeness (QED) is 0.472. The third kappa shape index (κ3) is 3.38. The summed E-state index contributed by atoms with van der Waals surface area (Å²) >= 11 is 6.00. The second kappa shape index (κ2) is 5.93. The predicted octanol–water partition coefficient (Wildman–Crippen LogP) is 4.55. The highest BCUT2D eigenvalue weighted by Gasteiger charge is 2.12. The van der Waals surface area contributed by atoms with Crippen molar-refractivity contribution in [1.82, 2.24) is 0 Å². The molecule has 0 radical (unpaired) electrons. The lowest BCUT2D eigenvalue weighted by molar-refractivity contribution is -0.384. The van der Waals surface area contributed by atoms with Crippen LogP contribution in [0.1, 0.15) is 22.8 Å². The molecule has 21 heavy (non-hydrogen) atoms. The number of rotatable bonds is 4. The van der Waals surface area contributed by atoms with Gasteiger partial charge in [0.2, 0.25) is 0 Å². The van der Waals surface area contributed by atoms with E-state index >= 15 is 0 Å². The van der Waals surface area contributed by atoms with Crippen molar-refractivity contribution in [2.45, 2.75) is 13.8 Å². The molecule has 6 heteroatoms. The molecule has 0 atom stereocenters. The number of aryl methyl sites for hydroxylation is 1. The maximum absolute atomic E-state index is 11.3. The van der Waals surface area contributed by atoms with Crippen LogP contribution in [-0.4, -0.2) is 10.7 Å². The van der Waals surface area contributed by atoms with Gasteiger partial charge < -0.3 is 4.74 Å². The second-order valence-electron chi connectivity index (χ2n) is 4.51. The van der Waals surface area contributed by atoms with Crippen molar-refractivity contribution in [3.8, 4) is 11.5 Å². The molecule has 0 bridgehead atoms. The number of ketones is 1. The van der Waals surface area contributed by atoms with Crippen molar-refractivity contribution in [3.63, 3.8) is 0 Å². The van der Waals surface area contributed by atoms with E-state index in [1.807, 2.05) is 0 Å². The van der Waals surface area contributed by atoms with Crippen molar-refractivity contribution in [2.24, 2.45) is 0 Å². The number of nitro groups is 1. The van der Waals surface area contributed by atoms with Crippen molar-refractivity contribution in [2.75, 3.05) is 0 Å². The van der Waals surface area contributed by atoms with Gasteiger partial charge in [0, 0.05) is 17.7 Å². The molecule has 2 aromatic rings. The van der Waals surface area contributed by atoms with Gasteiger partial charge in [0.25, 0.3) is 5.69 Å². The number of Topliss-reactive ketones (excluding diaryl/α,β-unsaturated/α-hetero) is 1. The molecule has 2 rings (SSSR count). The molecule has 0 fully saturated rings. The Kier molecular flexibility index (Phi) is 4.23. The highest BCUT2D eigenvalue weighted by atomic mass is 35.5. The smallest absolute Gasteiger partial charge is 0.273 e. The Balaban J connectivity index is 2.34. The van der Waals surface area contributed by atoms with Gasteiger partial charge in [-0.15, -0.1) is 0 Å². The molecular formula is C15H12ClNO4. The molecule has 0 unspecified atom stereocenters. The van der Waals surface area contributed by atoms with Crippen LogP contribution in [0, 0.1) is 17.0 Å². The normalized spacial score (nSPS) is 10.2. The predicted molar refractivity (Wildman–Crippen MR) is 79.4 cm³/mol. The van der Waals surface area contributed by atoms with Crippen LogP contribution >= 0.6 is 11.6 Å². The molecule has 0 saturated carbocycles. The van der Waals surface area contributed by atoms with Gasteiger partial charge in [-0.3, -0.25) is 14.9 Å². The minimum atomic E-state index is -0.488. The standard InChI is InChI=1S/C15H12ClNO4/c1-9-3-4-11(17(19)20)7-15(9)21-12-5-6-13(10(2)18)14(16)8-12/h3-8H,1-2H3. The Morgan fingerprint density at radius 3 is 2.52 bits per heavy atom. The van der Waals surface area contributed by atoms with Gasteiger partial charge in [-0.1, -0.05) is 11.6 Å². The zero-order valence-corrected chi connectivity index (χ0v) is 12.2. The van der Waals surface area contributed by atoms with Gasteiger partial charge in [0.05, 0.1) is 16.0 Å². The molecule has 108 valence electrons. The molecule has 0 aromatic heterocycles. The van der Waals surface area contributed by atoms with E-state index < -0.39 is 4.92 Å². The average Bonchev–Trinajstić information content (AvgIpc) is 2.40. The first-order valence-electron chi connectivity index (χ1n) is 6.12. The third-order valence-corrected chi connectivity index (χ3v) is 3.24. The Labute approximate surface area is 126 Å². The molecular weight excluding hydrogens is 294 g/mol. The van der Waals surface area contributed by atoms with Crippen LogP contribution in [0.4, 0.5) is 5.69 Å². The zero-order chi connectivity index (χ0) is 15.6. The number of nitrogens with zero attached hydrogens (tertiary/aromatic N) is 1. The first-order chi connectivity index (χ1) is 9.88.